The molecule has 2 N–H and O–H groups in total. The van der Waals surface area contributed by atoms with Gasteiger partial charge in [0.2, 0.25) is 10.0 Å². The molecule has 2 heterocycles. The number of rotatable bonds is 6. The fourth-order valence-corrected chi connectivity index (χ4v) is 4.63. The molecule has 108 valence electrons. The summed E-state index contributed by atoms with van der Waals surface area (Å²) in [5, 5.41) is 13.1. The van der Waals surface area contributed by atoms with Crippen molar-refractivity contribution in [2.24, 2.45) is 0 Å². The van der Waals surface area contributed by atoms with Gasteiger partial charge < -0.3 is 5.11 Å². The summed E-state index contributed by atoms with van der Waals surface area (Å²) in [6.07, 6.45) is 1.66. The number of aromatic carboxylic acids is 1. The van der Waals surface area contributed by atoms with Gasteiger partial charge in [0, 0.05) is 24.0 Å². The highest BCUT2D eigenvalue weighted by Gasteiger charge is 2.24. The summed E-state index contributed by atoms with van der Waals surface area (Å²) in [5.41, 5.74) is 0. The van der Waals surface area contributed by atoms with E-state index >= 15 is 0 Å². The van der Waals surface area contributed by atoms with Crippen molar-refractivity contribution in [3.8, 4) is 0 Å². The first kappa shape index (κ1) is 15.1. The predicted octanol–water partition coefficient (Wildman–Crippen LogP) is 1.98. The molecule has 0 saturated heterocycles. The van der Waals surface area contributed by atoms with Crippen molar-refractivity contribution in [2.75, 3.05) is 6.54 Å². The lowest BCUT2D eigenvalue weighted by molar-refractivity contribution is 0.0698. The molecule has 0 radical (unpaired) electrons. The van der Waals surface area contributed by atoms with Crippen LogP contribution in [0.4, 0.5) is 0 Å². The number of carboxylic acid groups (broad SMARTS) is 1. The van der Waals surface area contributed by atoms with Crippen molar-refractivity contribution < 1.29 is 18.3 Å². The van der Waals surface area contributed by atoms with E-state index in [4.69, 9.17) is 5.11 Å². The second kappa shape index (κ2) is 6.00. The van der Waals surface area contributed by atoms with Gasteiger partial charge in [0.15, 0.2) is 0 Å². The molecular weight excluding hydrogens is 320 g/mol. The van der Waals surface area contributed by atoms with Gasteiger partial charge in [-0.25, -0.2) is 22.9 Å². The van der Waals surface area contributed by atoms with Crippen molar-refractivity contribution in [3.63, 3.8) is 0 Å². The van der Waals surface area contributed by atoms with Crippen molar-refractivity contribution in [1.82, 2.24) is 9.71 Å². The van der Waals surface area contributed by atoms with E-state index in [9.17, 15) is 13.2 Å². The van der Waals surface area contributed by atoms with Gasteiger partial charge in [-0.3, -0.25) is 0 Å². The largest absolute Gasteiger partial charge is 0.477 e. The summed E-state index contributed by atoms with van der Waals surface area (Å²) in [4.78, 5) is 14.7. The molecule has 0 amide bonds. The molecule has 2 aromatic heterocycles. The van der Waals surface area contributed by atoms with Gasteiger partial charge in [-0.05, 0) is 11.4 Å². The van der Waals surface area contributed by atoms with E-state index in [0.717, 1.165) is 16.3 Å². The van der Waals surface area contributed by atoms with Crippen LogP contribution >= 0.6 is 22.7 Å². The first-order valence-electron chi connectivity index (χ1n) is 5.61. The van der Waals surface area contributed by atoms with Gasteiger partial charge in [0.05, 0.1) is 5.01 Å². The summed E-state index contributed by atoms with van der Waals surface area (Å²) in [7, 11) is -3.82. The monoisotopic (exact) mass is 332 g/mol. The Hall–Kier alpha value is -1.29. The van der Waals surface area contributed by atoms with Gasteiger partial charge in [-0.1, -0.05) is 6.92 Å². The molecule has 2 rings (SSSR count). The molecule has 1 atom stereocenters. The molecule has 0 saturated carbocycles. The Labute approximate surface area is 124 Å². The van der Waals surface area contributed by atoms with Gasteiger partial charge in [-0.15, -0.1) is 22.7 Å². The molecule has 6 nitrogen and oxygen atoms in total. The molecule has 0 aliphatic rings. The SMILES string of the molecule is CC(CNS(=O)(=O)c1ccsc1C(=O)O)c1nccs1. The number of carbonyl (C=O) groups is 1. The van der Waals surface area contributed by atoms with Crippen LogP contribution in [0.2, 0.25) is 0 Å². The van der Waals surface area contributed by atoms with Crippen LogP contribution < -0.4 is 4.72 Å². The maximum Gasteiger partial charge on any atom is 0.347 e. The zero-order valence-electron chi connectivity index (χ0n) is 10.4. The minimum Gasteiger partial charge on any atom is -0.477 e. The normalized spacial score (nSPS) is 13.2. The number of carboxylic acids is 1. The molecule has 9 heteroatoms. The standard InChI is InChI=1S/C11H12N2O4S3/c1-7(10-12-3-5-19-10)6-13-20(16,17)8-2-4-18-9(8)11(14)15/h2-5,7,13H,6H2,1H3,(H,14,15). The molecule has 0 aliphatic carbocycles. The number of sulfonamides is 1. The quantitative estimate of drug-likeness (QED) is 0.843. The molecular formula is C11H12N2O4S3. The van der Waals surface area contributed by atoms with Crippen LogP contribution in [-0.4, -0.2) is 31.0 Å². The number of nitrogens with one attached hydrogen (secondary N) is 1. The number of thiophene rings is 1. The molecule has 0 aromatic carbocycles. The van der Waals surface area contributed by atoms with Crippen LogP contribution in [0.3, 0.4) is 0 Å². The van der Waals surface area contributed by atoms with Gasteiger partial charge >= 0.3 is 5.97 Å². The second-order valence-corrected chi connectivity index (χ2v) is 7.62. The summed E-state index contributed by atoms with van der Waals surface area (Å²) < 4.78 is 26.6. The van der Waals surface area contributed by atoms with Gasteiger partial charge in [0.1, 0.15) is 9.77 Å². The van der Waals surface area contributed by atoms with E-state index in [1.807, 2.05) is 12.3 Å². The van der Waals surface area contributed by atoms with Crippen molar-refractivity contribution in [2.45, 2.75) is 17.7 Å². The minimum atomic E-state index is -3.82. The van der Waals surface area contributed by atoms with Crippen molar-refractivity contribution in [1.29, 1.82) is 0 Å². The van der Waals surface area contributed by atoms with Crippen molar-refractivity contribution in [3.05, 3.63) is 32.9 Å². The Morgan fingerprint density at radius 3 is 2.80 bits per heavy atom. The highest BCUT2D eigenvalue weighted by Crippen LogP contribution is 2.23. The van der Waals surface area contributed by atoms with E-state index in [1.165, 1.54) is 22.8 Å². The molecule has 0 fully saturated rings. The molecule has 2 aromatic rings. The number of hydrogen-bond acceptors (Lipinski definition) is 6. The number of hydrogen-bond donors (Lipinski definition) is 2. The summed E-state index contributed by atoms with van der Waals surface area (Å²) in [6, 6.07) is 1.30. The van der Waals surface area contributed by atoms with Crippen molar-refractivity contribution >= 4 is 38.7 Å². The molecule has 20 heavy (non-hydrogen) atoms. The van der Waals surface area contributed by atoms with Gasteiger partial charge in [0.25, 0.3) is 0 Å². The minimum absolute atomic E-state index is 0.0725. The number of aromatic nitrogens is 1. The zero-order chi connectivity index (χ0) is 14.8. The lowest BCUT2D eigenvalue weighted by atomic mass is 10.2. The summed E-state index contributed by atoms with van der Waals surface area (Å²) >= 11 is 2.34. The third kappa shape index (κ3) is 3.23. The third-order valence-corrected chi connectivity index (χ3v) is 6.07. The average Bonchev–Trinajstić information content (AvgIpc) is 3.06. The topological polar surface area (TPSA) is 96.4 Å². The third-order valence-electron chi connectivity index (χ3n) is 2.57. The predicted molar refractivity (Wildman–Crippen MR) is 77.0 cm³/mol. The van der Waals surface area contributed by atoms with Crippen LogP contribution in [0.25, 0.3) is 0 Å². The highest BCUT2D eigenvalue weighted by atomic mass is 32.2. The lowest BCUT2D eigenvalue weighted by Crippen LogP contribution is -2.28. The smallest absolute Gasteiger partial charge is 0.347 e. The van der Waals surface area contributed by atoms with Crippen LogP contribution in [0, 0.1) is 0 Å². The Kier molecular flexibility index (Phi) is 4.53. The van der Waals surface area contributed by atoms with Gasteiger partial charge in [-0.2, -0.15) is 0 Å². The Morgan fingerprint density at radius 1 is 1.45 bits per heavy atom. The maximum atomic E-state index is 12.1. The maximum absolute atomic E-state index is 12.1. The van der Waals surface area contributed by atoms with Crippen LogP contribution in [0.5, 0.6) is 0 Å². The van der Waals surface area contributed by atoms with E-state index in [0.29, 0.717) is 0 Å². The van der Waals surface area contributed by atoms with Crippen LogP contribution in [0.1, 0.15) is 27.5 Å². The number of thiazole rings is 1. The summed E-state index contributed by atoms with van der Waals surface area (Å²) in [6.45, 7) is 2.03. The van der Waals surface area contributed by atoms with Crippen LogP contribution in [-0.2, 0) is 10.0 Å². The fourth-order valence-electron chi connectivity index (χ4n) is 1.54. The fraction of sp³-hybridized carbons (Fsp3) is 0.273. The molecule has 0 spiro atoms. The second-order valence-electron chi connectivity index (χ2n) is 4.04. The molecule has 0 bridgehead atoms. The van der Waals surface area contributed by atoms with E-state index in [-0.39, 0.29) is 22.2 Å². The molecule has 1 unspecified atom stereocenters. The zero-order valence-corrected chi connectivity index (χ0v) is 12.9. The molecule has 0 aliphatic heterocycles. The van der Waals surface area contributed by atoms with E-state index in [2.05, 4.69) is 9.71 Å². The summed E-state index contributed by atoms with van der Waals surface area (Å²) in [5.74, 6) is -1.31. The lowest BCUT2D eigenvalue weighted by Gasteiger charge is -2.10. The highest BCUT2D eigenvalue weighted by molar-refractivity contribution is 7.89. The van der Waals surface area contributed by atoms with E-state index < -0.39 is 16.0 Å². The first-order valence-corrected chi connectivity index (χ1v) is 8.86. The average molecular weight is 332 g/mol. The van der Waals surface area contributed by atoms with Crippen LogP contribution in [0.15, 0.2) is 27.9 Å². The first-order chi connectivity index (χ1) is 9.42. The Bertz CT molecular complexity index is 691. The van der Waals surface area contributed by atoms with E-state index in [1.54, 1.807) is 6.20 Å². The Balaban J connectivity index is 2.12. The number of nitrogens with zero attached hydrogens (tertiary/aromatic N) is 1. The Morgan fingerprint density at radius 2 is 2.20 bits per heavy atom.